The van der Waals surface area contributed by atoms with E-state index in [0.29, 0.717) is 0 Å². The van der Waals surface area contributed by atoms with Crippen molar-refractivity contribution in [3.63, 3.8) is 0 Å². The first kappa shape index (κ1) is 10.5. The summed E-state index contributed by atoms with van der Waals surface area (Å²) in [6, 6.07) is 0.183. The lowest BCUT2D eigenvalue weighted by molar-refractivity contribution is 0.830. The van der Waals surface area contributed by atoms with Crippen LogP contribution in [0, 0.1) is 13.8 Å². The van der Waals surface area contributed by atoms with E-state index in [2.05, 4.69) is 34.3 Å². The molecule has 0 aromatic carbocycles. The maximum Gasteiger partial charge on any atom is 0.205 e. The average molecular weight is 240 g/mol. The Kier molecular flexibility index (Phi) is 2.97. The maximum atomic E-state index is 4.50. The molecule has 0 saturated heterocycles. The zero-order valence-electron chi connectivity index (χ0n) is 8.81. The second-order valence-corrected chi connectivity index (χ2v) is 5.52. The van der Waals surface area contributed by atoms with Crippen LogP contribution in [0.15, 0.2) is 5.51 Å². The molecule has 0 bridgehead atoms. The van der Waals surface area contributed by atoms with Crippen molar-refractivity contribution in [1.82, 2.24) is 15.2 Å². The fourth-order valence-corrected chi connectivity index (χ4v) is 2.88. The van der Waals surface area contributed by atoms with Gasteiger partial charge in [-0.05, 0) is 20.8 Å². The molecule has 0 aliphatic carbocycles. The monoisotopic (exact) mass is 240 g/mol. The Hall–Kier alpha value is -1.01. The highest BCUT2D eigenvalue weighted by Gasteiger charge is 2.13. The van der Waals surface area contributed by atoms with Crippen molar-refractivity contribution in [3.8, 4) is 0 Å². The molecule has 1 N–H and O–H groups in total. The van der Waals surface area contributed by atoms with Crippen molar-refractivity contribution >= 4 is 27.8 Å². The first-order valence-corrected chi connectivity index (χ1v) is 6.33. The highest BCUT2D eigenvalue weighted by molar-refractivity contribution is 7.13. The summed E-state index contributed by atoms with van der Waals surface area (Å²) in [7, 11) is 0. The number of aryl methyl sites for hydroxylation is 2. The van der Waals surface area contributed by atoms with Gasteiger partial charge in [0.15, 0.2) is 0 Å². The minimum atomic E-state index is 0.183. The highest BCUT2D eigenvalue weighted by Crippen LogP contribution is 2.25. The van der Waals surface area contributed by atoms with Crippen molar-refractivity contribution in [3.05, 3.63) is 21.1 Å². The van der Waals surface area contributed by atoms with Crippen LogP contribution in [-0.2, 0) is 0 Å². The molecule has 2 rings (SSSR count). The molecule has 0 radical (unpaired) electrons. The van der Waals surface area contributed by atoms with E-state index < -0.39 is 0 Å². The molecule has 0 amide bonds. The molecule has 2 heterocycles. The van der Waals surface area contributed by atoms with Gasteiger partial charge in [-0.15, -0.1) is 21.5 Å². The number of aromatic nitrogens is 3. The Balaban J connectivity index is 2.14. The fraction of sp³-hybridized carbons (Fsp3) is 0.444. The van der Waals surface area contributed by atoms with Gasteiger partial charge in [-0.3, -0.25) is 0 Å². The predicted octanol–water partition coefficient (Wildman–Crippen LogP) is 2.78. The van der Waals surface area contributed by atoms with E-state index in [1.807, 2.05) is 6.92 Å². The minimum absolute atomic E-state index is 0.183. The minimum Gasteiger partial charge on any atom is -0.352 e. The van der Waals surface area contributed by atoms with E-state index in [9.17, 15) is 0 Å². The van der Waals surface area contributed by atoms with Gasteiger partial charge in [-0.1, -0.05) is 11.3 Å². The van der Waals surface area contributed by atoms with E-state index in [-0.39, 0.29) is 6.04 Å². The van der Waals surface area contributed by atoms with Crippen LogP contribution in [0.4, 0.5) is 5.13 Å². The summed E-state index contributed by atoms with van der Waals surface area (Å²) < 4.78 is 0. The summed E-state index contributed by atoms with van der Waals surface area (Å²) in [5.41, 5.74) is 2.82. The first-order valence-electron chi connectivity index (χ1n) is 4.63. The molecule has 1 atom stereocenters. The number of hydrogen-bond acceptors (Lipinski definition) is 6. The van der Waals surface area contributed by atoms with Crippen LogP contribution in [-0.4, -0.2) is 15.2 Å². The van der Waals surface area contributed by atoms with E-state index in [1.165, 1.54) is 16.2 Å². The summed E-state index contributed by atoms with van der Waals surface area (Å²) in [4.78, 5) is 5.76. The largest absolute Gasteiger partial charge is 0.352 e. The third-order valence-corrected chi connectivity index (χ3v) is 3.57. The predicted molar refractivity (Wildman–Crippen MR) is 63.5 cm³/mol. The summed E-state index contributed by atoms with van der Waals surface area (Å²) in [6.45, 7) is 6.21. The Labute approximate surface area is 96.4 Å². The van der Waals surface area contributed by atoms with E-state index in [0.717, 1.165) is 15.8 Å². The van der Waals surface area contributed by atoms with Crippen molar-refractivity contribution in [2.24, 2.45) is 0 Å². The zero-order chi connectivity index (χ0) is 10.8. The standard InChI is InChI=1S/C9H12N4S2/c1-5(11-9-13-10-4-14-9)8-6(2)15-7(3)12-8/h4-5H,1-3H3,(H,11,13). The van der Waals surface area contributed by atoms with Crippen molar-refractivity contribution in [2.75, 3.05) is 5.32 Å². The molecule has 2 aromatic rings. The quantitative estimate of drug-likeness (QED) is 0.896. The van der Waals surface area contributed by atoms with E-state index in [1.54, 1.807) is 16.8 Å². The molecule has 2 aromatic heterocycles. The number of thiazole rings is 1. The lowest BCUT2D eigenvalue weighted by Crippen LogP contribution is -2.08. The van der Waals surface area contributed by atoms with E-state index >= 15 is 0 Å². The van der Waals surface area contributed by atoms with Crippen LogP contribution in [0.3, 0.4) is 0 Å². The number of rotatable bonds is 3. The lowest BCUT2D eigenvalue weighted by atomic mass is 10.2. The van der Waals surface area contributed by atoms with Gasteiger partial charge in [0.1, 0.15) is 5.51 Å². The first-order chi connectivity index (χ1) is 7.16. The summed E-state index contributed by atoms with van der Waals surface area (Å²) in [5, 5.41) is 13.0. The molecule has 4 nitrogen and oxygen atoms in total. The third kappa shape index (κ3) is 2.32. The van der Waals surface area contributed by atoms with Gasteiger partial charge >= 0.3 is 0 Å². The van der Waals surface area contributed by atoms with Crippen molar-refractivity contribution in [1.29, 1.82) is 0 Å². The van der Waals surface area contributed by atoms with Crippen molar-refractivity contribution < 1.29 is 0 Å². The highest BCUT2D eigenvalue weighted by atomic mass is 32.1. The normalized spacial score (nSPS) is 12.7. The Bertz CT molecular complexity index is 435. The van der Waals surface area contributed by atoms with Gasteiger partial charge < -0.3 is 5.32 Å². The molecule has 0 aliphatic rings. The smallest absolute Gasteiger partial charge is 0.205 e. The van der Waals surface area contributed by atoms with Gasteiger partial charge in [0, 0.05) is 4.88 Å². The molecule has 15 heavy (non-hydrogen) atoms. The molecular formula is C9H12N4S2. The van der Waals surface area contributed by atoms with Gasteiger partial charge in [0.2, 0.25) is 5.13 Å². The van der Waals surface area contributed by atoms with E-state index in [4.69, 9.17) is 0 Å². The van der Waals surface area contributed by atoms with Gasteiger partial charge in [0.25, 0.3) is 0 Å². The van der Waals surface area contributed by atoms with Crippen molar-refractivity contribution in [2.45, 2.75) is 26.8 Å². The van der Waals surface area contributed by atoms with Crippen LogP contribution in [0.5, 0.6) is 0 Å². The third-order valence-electron chi connectivity index (χ3n) is 2.05. The van der Waals surface area contributed by atoms with Gasteiger partial charge in [-0.2, -0.15) is 0 Å². The lowest BCUT2D eigenvalue weighted by Gasteiger charge is -2.10. The summed E-state index contributed by atoms with van der Waals surface area (Å²) >= 11 is 3.23. The van der Waals surface area contributed by atoms with Crippen LogP contribution >= 0.6 is 22.7 Å². The van der Waals surface area contributed by atoms with Crippen LogP contribution in [0.1, 0.15) is 28.5 Å². The summed E-state index contributed by atoms with van der Waals surface area (Å²) in [5.74, 6) is 0. The molecular weight excluding hydrogens is 228 g/mol. The van der Waals surface area contributed by atoms with Gasteiger partial charge in [0.05, 0.1) is 16.7 Å². The number of anilines is 1. The average Bonchev–Trinajstić information content (AvgIpc) is 2.75. The number of nitrogens with zero attached hydrogens (tertiary/aromatic N) is 3. The molecule has 6 heteroatoms. The number of hydrogen-bond donors (Lipinski definition) is 1. The number of nitrogens with one attached hydrogen (secondary N) is 1. The van der Waals surface area contributed by atoms with Crippen LogP contribution < -0.4 is 5.32 Å². The molecule has 1 unspecified atom stereocenters. The molecule has 0 fully saturated rings. The second-order valence-electron chi connectivity index (χ2n) is 3.28. The molecule has 0 saturated carbocycles. The Morgan fingerprint density at radius 3 is 2.73 bits per heavy atom. The second kappa shape index (κ2) is 4.24. The van der Waals surface area contributed by atoms with Gasteiger partial charge in [-0.25, -0.2) is 4.98 Å². The molecule has 0 aliphatic heterocycles. The Morgan fingerprint density at radius 2 is 2.20 bits per heavy atom. The molecule has 0 spiro atoms. The Morgan fingerprint density at radius 1 is 1.40 bits per heavy atom. The maximum absolute atomic E-state index is 4.50. The van der Waals surface area contributed by atoms with Crippen LogP contribution in [0.25, 0.3) is 0 Å². The fourth-order valence-electron chi connectivity index (χ4n) is 1.44. The topological polar surface area (TPSA) is 50.7 Å². The SMILES string of the molecule is Cc1nc(C(C)Nc2nncs2)c(C)s1. The zero-order valence-corrected chi connectivity index (χ0v) is 10.4. The van der Waals surface area contributed by atoms with Crippen LogP contribution in [0.2, 0.25) is 0 Å². The molecule has 80 valence electrons. The summed E-state index contributed by atoms with van der Waals surface area (Å²) in [6.07, 6.45) is 0.